The summed E-state index contributed by atoms with van der Waals surface area (Å²) in [7, 11) is 0. The molecule has 0 amide bonds. The Morgan fingerprint density at radius 3 is 2.67 bits per heavy atom. The van der Waals surface area contributed by atoms with E-state index in [1.54, 1.807) is 18.5 Å². The zero-order valence-corrected chi connectivity index (χ0v) is 14.0. The highest BCUT2D eigenvalue weighted by Gasteiger charge is 2.20. The molecule has 120 valence electrons. The van der Waals surface area contributed by atoms with Gasteiger partial charge in [-0.15, -0.1) is 0 Å². The first-order valence-electron chi connectivity index (χ1n) is 7.95. The van der Waals surface area contributed by atoms with E-state index >= 15 is 0 Å². The van der Waals surface area contributed by atoms with Gasteiger partial charge in [-0.2, -0.15) is 0 Å². The summed E-state index contributed by atoms with van der Waals surface area (Å²) in [4.78, 5) is 18.8. The lowest BCUT2D eigenvalue weighted by atomic mass is 10.1. The molecule has 3 aromatic rings. The molecule has 0 aliphatic carbocycles. The monoisotopic (exact) mass is 335 g/mol. The van der Waals surface area contributed by atoms with Gasteiger partial charge >= 0.3 is 0 Å². The van der Waals surface area contributed by atoms with Crippen LogP contribution in [0.2, 0.25) is 0 Å². The molecule has 0 unspecified atom stereocenters. The molecule has 5 nitrogen and oxygen atoms in total. The van der Waals surface area contributed by atoms with E-state index in [0.29, 0.717) is 16.3 Å². The molecule has 24 heavy (non-hydrogen) atoms. The smallest absolute Gasteiger partial charge is 0.195 e. The summed E-state index contributed by atoms with van der Waals surface area (Å²) >= 11 is 5.53. The van der Waals surface area contributed by atoms with Crippen molar-refractivity contribution >= 4 is 12.2 Å². The number of hydrogen-bond acceptors (Lipinski definition) is 5. The van der Waals surface area contributed by atoms with Gasteiger partial charge in [0.05, 0.1) is 0 Å². The van der Waals surface area contributed by atoms with Gasteiger partial charge in [-0.3, -0.25) is 4.90 Å². The largest absolute Gasteiger partial charge is 0.340 e. The number of nitrogens with zero attached hydrogens (tertiary/aromatic N) is 4. The predicted molar refractivity (Wildman–Crippen MR) is 94.7 cm³/mol. The van der Waals surface area contributed by atoms with E-state index in [2.05, 4.69) is 49.1 Å². The van der Waals surface area contributed by atoms with Crippen molar-refractivity contribution in [1.29, 1.82) is 0 Å². The van der Waals surface area contributed by atoms with Crippen molar-refractivity contribution in [3.05, 3.63) is 70.3 Å². The van der Waals surface area contributed by atoms with E-state index < -0.39 is 0 Å². The zero-order chi connectivity index (χ0) is 16.4. The Labute approximate surface area is 145 Å². The molecule has 2 aromatic heterocycles. The molecule has 0 radical (unpaired) electrons. The number of benzene rings is 1. The number of hydrogen-bond donors (Lipinski definition) is 1. The lowest BCUT2D eigenvalue weighted by Crippen LogP contribution is -2.31. The second-order valence-corrected chi connectivity index (χ2v) is 6.25. The minimum absolute atomic E-state index is 0.582. The second-order valence-electron chi connectivity index (χ2n) is 5.87. The summed E-state index contributed by atoms with van der Waals surface area (Å²) in [5.74, 6) is 1.23. The molecule has 0 spiro atoms. The van der Waals surface area contributed by atoms with E-state index in [1.165, 1.54) is 5.56 Å². The second kappa shape index (κ2) is 6.59. The van der Waals surface area contributed by atoms with Crippen LogP contribution in [0.1, 0.15) is 16.8 Å². The van der Waals surface area contributed by atoms with Crippen LogP contribution in [0, 0.1) is 4.64 Å². The maximum Gasteiger partial charge on any atom is 0.195 e. The molecule has 6 heteroatoms. The first kappa shape index (κ1) is 15.1. The van der Waals surface area contributed by atoms with E-state index in [9.17, 15) is 0 Å². The molecule has 1 aliphatic rings. The van der Waals surface area contributed by atoms with Crippen LogP contribution in [0.25, 0.3) is 11.6 Å². The van der Waals surface area contributed by atoms with Gasteiger partial charge in [0.25, 0.3) is 0 Å². The van der Waals surface area contributed by atoms with Gasteiger partial charge in [0.1, 0.15) is 4.64 Å². The van der Waals surface area contributed by atoms with Gasteiger partial charge in [-0.05, 0) is 11.6 Å². The first-order valence-corrected chi connectivity index (χ1v) is 8.36. The molecule has 3 heterocycles. The summed E-state index contributed by atoms with van der Waals surface area (Å²) in [5, 5.41) is 0. The third kappa shape index (κ3) is 3.11. The minimum atomic E-state index is 0.582. The van der Waals surface area contributed by atoms with Crippen LogP contribution in [0.15, 0.2) is 48.8 Å². The van der Waals surface area contributed by atoms with E-state index in [4.69, 9.17) is 12.2 Å². The van der Waals surface area contributed by atoms with E-state index in [0.717, 1.165) is 37.3 Å². The summed E-state index contributed by atoms with van der Waals surface area (Å²) in [5.41, 5.74) is 3.59. The third-order valence-corrected chi connectivity index (χ3v) is 4.53. The number of aromatic nitrogens is 4. The van der Waals surface area contributed by atoms with Crippen LogP contribution in [0.3, 0.4) is 0 Å². The Kier molecular flexibility index (Phi) is 4.15. The standard InChI is InChI=1S/C18H17N5S/c24-18-14-12-23(11-13-5-2-1-3-6-13)10-7-15(14)21-17(22-18)16-19-8-4-9-20-16/h1-6,8-9H,7,10-12H2,(H,21,22,24). The molecule has 0 saturated carbocycles. The Hall–Kier alpha value is -2.44. The van der Waals surface area contributed by atoms with Crippen molar-refractivity contribution in [3.8, 4) is 11.6 Å². The fraction of sp³-hybridized carbons (Fsp3) is 0.222. The SMILES string of the molecule is S=c1nc(-c2ncccn2)[nH]c2c1CN(Cc1ccccc1)CC2. The molecule has 1 aliphatic heterocycles. The van der Waals surface area contributed by atoms with Gasteiger partial charge in [0.15, 0.2) is 11.6 Å². The summed E-state index contributed by atoms with van der Waals surface area (Å²) < 4.78 is 0.643. The van der Waals surface area contributed by atoms with Gasteiger partial charge in [-0.25, -0.2) is 15.0 Å². The maximum atomic E-state index is 5.53. The number of nitrogens with one attached hydrogen (secondary N) is 1. The van der Waals surface area contributed by atoms with Crippen molar-refractivity contribution in [3.63, 3.8) is 0 Å². The van der Waals surface area contributed by atoms with Crippen LogP contribution in [0.5, 0.6) is 0 Å². The minimum Gasteiger partial charge on any atom is -0.340 e. The van der Waals surface area contributed by atoms with Crippen LogP contribution in [-0.2, 0) is 19.5 Å². The fourth-order valence-electron chi connectivity index (χ4n) is 3.00. The van der Waals surface area contributed by atoms with Crippen molar-refractivity contribution in [2.24, 2.45) is 0 Å². The Morgan fingerprint density at radius 2 is 1.88 bits per heavy atom. The summed E-state index contributed by atoms with van der Waals surface area (Å²) in [6.45, 7) is 2.74. The summed E-state index contributed by atoms with van der Waals surface area (Å²) in [6.07, 6.45) is 4.35. The van der Waals surface area contributed by atoms with Crippen molar-refractivity contribution < 1.29 is 0 Å². The molecule has 1 aromatic carbocycles. The molecule has 1 N–H and O–H groups in total. The van der Waals surface area contributed by atoms with Gasteiger partial charge in [-0.1, -0.05) is 42.5 Å². The molecule has 0 atom stereocenters. The molecule has 0 bridgehead atoms. The molecule has 0 saturated heterocycles. The topological polar surface area (TPSA) is 57.7 Å². The molecule has 0 fully saturated rings. The van der Waals surface area contributed by atoms with Gasteiger partial charge in [0, 0.05) is 49.7 Å². The van der Waals surface area contributed by atoms with E-state index in [1.807, 2.05) is 6.07 Å². The van der Waals surface area contributed by atoms with Crippen molar-refractivity contribution in [2.75, 3.05) is 6.54 Å². The third-order valence-electron chi connectivity index (χ3n) is 4.19. The number of H-pyrrole nitrogens is 1. The Balaban J connectivity index is 1.60. The highest BCUT2D eigenvalue weighted by Crippen LogP contribution is 2.22. The van der Waals surface area contributed by atoms with Crippen LogP contribution in [-0.4, -0.2) is 31.4 Å². The van der Waals surface area contributed by atoms with Crippen LogP contribution < -0.4 is 0 Å². The molecular formula is C18H17N5S. The quantitative estimate of drug-likeness (QED) is 0.745. The molecule has 4 rings (SSSR count). The van der Waals surface area contributed by atoms with Crippen molar-refractivity contribution in [2.45, 2.75) is 19.5 Å². The average molecular weight is 335 g/mol. The number of fused-ring (bicyclic) bond motifs is 1. The number of rotatable bonds is 3. The Bertz CT molecular complexity index is 892. The van der Waals surface area contributed by atoms with Gasteiger partial charge < -0.3 is 4.98 Å². The highest BCUT2D eigenvalue weighted by atomic mass is 32.1. The number of aromatic amines is 1. The van der Waals surface area contributed by atoms with Gasteiger partial charge in [0.2, 0.25) is 0 Å². The Morgan fingerprint density at radius 1 is 1.08 bits per heavy atom. The maximum absolute atomic E-state index is 5.53. The van der Waals surface area contributed by atoms with Crippen LogP contribution >= 0.6 is 12.2 Å². The van der Waals surface area contributed by atoms with Crippen molar-refractivity contribution in [1.82, 2.24) is 24.8 Å². The lowest BCUT2D eigenvalue weighted by molar-refractivity contribution is 0.242. The zero-order valence-electron chi connectivity index (χ0n) is 13.1. The fourth-order valence-corrected chi connectivity index (χ4v) is 3.28. The lowest BCUT2D eigenvalue weighted by Gasteiger charge is -2.28. The predicted octanol–water partition coefficient (Wildman–Crippen LogP) is 3.15. The first-order chi connectivity index (χ1) is 11.8. The average Bonchev–Trinajstić information content (AvgIpc) is 2.64. The highest BCUT2D eigenvalue weighted by molar-refractivity contribution is 7.71. The summed E-state index contributed by atoms with van der Waals surface area (Å²) in [6, 6.07) is 12.3. The van der Waals surface area contributed by atoms with Crippen LogP contribution in [0.4, 0.5) is 0 Å². The van der Waals surface area contributed by atoms with E-state index in [-0.39, 0.29) is 0 Å². The molecular weight excluding hydrogens is 318 g/mol. The normalized spacial score (nSPS) is 14.3.